The molecule has 1 aliphatic heterocycles. The van der Waals surface area contributed by atoms with Crippen molar-refractivity contribution >= 4 is 27.5 Å². The van der Waals surface area contributed by atoms with E-state index in [1.165, 1.54) is 16.8 Å². The Morgan fingerprint density at radius 2 is 2.00 bits per heavy atom. The van der Waals surface area contributed by atoms with E-state index < -0.39 is 0 Å². The standard InChI is InChI=1S/C21H22FN3OS/c22-16-10-8-15(9-11-16)13-23-20(26)14-25-12-4-3-6-18(25)21-24-17-5-1-2-7-19(17)27-21/h1-2,5,7-11,18H,3-4,6,12-14H2,(H,23,26)/t18-/m0/s1. The third-order valence-electron chi connectivity index (χ3n) is 4.96. The number of hydrogen-bond acceptors (Lipinski definition) is 4. The first-order valence-electron chi connectivity index (χ1n) is 9.30. The number of carbonyl (C=O) groups excluding carboxylic acids is 1. The molecule has 1 fully saturated rings. The molecule has 0 spiro atoms. The van der Waals surface area contributed by atoms with Crippen LogP contribution in [0.1, 0.15) is 35.9 Å². The van der Waals surface area contributed by atoms with E-state index >= 15 is 0 Å². The minimum Gasteiger partial charge on any atom is -0.351 e. The number of likely N-dealkylation sites (tertiary alicyclic amines) is 1. The quantitative estimate of drug-likeness (QED) is 0.715. The van der Waals surface area contributed by atoms with E-state index in [0.717, 1.165) is 41.9 Å². The monoisotopic (exact) mass is 383 g/mol. The second-order valence-electron chi connectivity index (χ2n) is 6.91. The Kier molecular flexibility index (Phi) is 5.45. The van der Waals surface area contributed by atoms with Crippen LogP contribution in [-0.4, -0.2) is 28.9 Å². The van der Waals surface area contributed by atoms with Crippen molar-refractivity contribution in [3.63, 3.8) is 0 Å². The van der Waals surface area contributed by atoms with Crippen LogP contribution in [0, 0.1) is 5.82 Å². The number of nitrogens with zero attached hydrogens (tertiary/aromatic N) is 2. The molecule has 4 rings (SSSR count). The summed E-state index contributed by atoms with van der Waals surface area (Å²) in [6.07, 6.45) is 3.30. The van der Waals surface area contributed by atoms with Gasteiger partial charge in [-0.2, -0.15) is 0 Å². The summed E-state index contributed by atoms with van der Waals surface area (Å²) in [5.41, 5.74) is 1.93. The van der Waals surface area contributed by atoms with Gasteiger partial charge in [-0.25, -0.2) is 9.37 Å². The average molecular weight is 383 g/mol. The summed E-state index contributed by atoms with van der Waals surface area (Å²) in [7, 11) is 0. The Balaban J connectivity index is 1.41. The summed E-state index contributed by atoms with van der Waals surface area (Å²) in [6, 6.07) is 14.6. The molecule has 2 aromatic carbocycles. The molecule has 4 nitrogen and oxygen atoms in total. The van der Waals surface area contributed by atoms with Crippen LogP contribution >= 0.6 is 11.3 Å². The number of carbonyl (C=O) groups is 1. The molecule has 1 saturated heterocycles. The molecule has 2 heterocycles. The van der Waals surface area contributed by atoms with Gasteiger partial charge >= 0.3 is 0 Å². The number of hydrogen-bond donors (Lipinski definition) is 1. The molecule has 1 N–H and O–H groups in total. The van der Waals surface area contributed by atoms with E-state index in [1.54, 1.807) is 23.5 Å². The summed E-state index contributed by atoms with van der Waals surface area (Å²) < 4.78 is 14.2. The first-order valence-corrected chi connectivity index (χ1v) is 10.1. The smallest absolute Gasteiger partial charge is 0.234 e. The zero-order valence-corrected chi connectivity index (χ0v) is 15.8. The van der Waals surface area contributed by atoms with Crippen LogP contribution < -0.4 is 5.32 Å². The average Bonchev–Trinajstić information content (AvgIpc) is 3.12. The van der Waals surface area contributed by atoms with Gasteiger partial charge in [0.1, 0.15) is 10.8 Å². The van der Waals surface area contributed by atoms with Crippen molar-refractivity contribution in [2.24, 2.45) is 0 Å². The van der Waals surface area contributed by atoms with Gasteiger partial charge in [-0.05, 0) is 49.2 Å². The van der Waals surface area contributed by atoms with Crippen LogP contribution in [0.3, 0.4) is 0 Å². The topological polar surface area (TPSA) is 45.2 Å². The van der Waals surface area contributed by atoms with Gasteiger partial charge in [0, 0.05) is 6.54 Å². The Morgan fingerprint density at radius 3 is 2.81 bits per heavy atom. The van der Waals surface area contributed by atoms with E-state index in [9.17, 15) is 9.18 Å². The maximum Gasteiger partial charge on any atom is 0.234 e. The highest BCUT2D eigenvalue weighted by Crippen LogP contribution is 2.35. The largest absolute Gasteiger partial charge is 0.351 e. The van der Waals surface area contributed by atoms with E-state index in [0.29, 0.717) is 13.1 Å². The zero-order valence-electron chi connectivity index (χ0n) is 15.0. The summed E-state index contributed by atoms with van der Waals surface area (Å²) in [6.45, 7) is 1.69. The summed E-state index contributed by atoms with van der Waals surface area (Å²) in [5, 5.41) is 4.04. The predicted octanol–water partition coefficient (Wildman–Crippen LogP) is 4.28. The van der Waals surface area contributed by atoms with Crippen molar-refractivity contribution in [3.8, 4) is 0 Å². The molecule has 0 bridgehead atoms. The minimum atomic E-state index is -0.267. The molecule has 1 aromatic heterocycles. The number of thiazole rings is 1. The van der Waals surface area contributed by atoms with E-state index in [4.69, 9.17) is 4.98 Å². The highest BCUT2D eigenvalue weighted by molar-refractivity contribution is 7.18. The van der Waals surface area contributed by atoms with Crippen molar-refractivity contribution in [3.05, 3.63) is 64.9 Å². The highest BCUT2D eigenvalue weighted by Gasteiger charge is 2.28. The molecule has 0 aliphatic carbocycles. The predicted molar refractivity (Wildman–Crippen MR) is 106 cm³/mol. The van der Waals surface area contributed by atoms with Crippen LogP contribution in [0.25, 0.3) is 10.2 Å². The van der Waals surface area contributed by atoms with E-state index in [-0.39, 0.29) is 17.8 Å². The fraction of sp³-hybridized carbons (Fsp3) is 0.333. The summed E-state index contributed by atoms with van der Waals surface area (Å²) in [5.74, 6) is -0.274. The molecule has 27 heavy (non-hydrogen) atoms. The maximum atomic E-state index is 13.0. The first kappa shape index (κ1) is 18.1. The van der Waals surface area contributed by atoms with E-state index in [2.05, 4.69) is 16.3 Å². The van der Waals surface area contributed by atoms with E-state index in [1.807, 2.05) is 18.2 Å². The van der Waals surface area contributed by atoms with Gasteiger partial charge in [0.05, 0.1) is 22.8 Å². The second kappa shape index (κ2) is 8.15. The number of benzene rings is 2. The normalized spacial score (nSPS) is 17.9. The van der Waals surface area contributed by atoms with Crippen LogP contribution in [0.5, 0.6) is 0 Å². The number of rotatable bonds is 5. The molecule has 3 aromatic rings. The third-order valence-corrected chi connectivity index (χ3v) is 6.10. The van der Waals surface area contributed by atoms with Gasteiger partial charge in [-0.15, -0.1) is 11.3 Å². The van der Waals surface area contributed by atoms with Crippen molar-refractivity contribution in [2.75, 3.05) is 13.1 Å². The lowest BCUT2D eigenvalue weighted by molar-refractivity contribution is -0.123. The molecule has 140 valence electrons. The minimum absolute atomic E-state index is 0.00710. The Labute approximate surface area is 162 Å². The fourth-order valence-electron chi connectivity index (χ4n) is 3.54. The number of para-hydroxylation sites is 1. The summed E-state index contributed by atoms with van der Waals surface area (Å²) >= 11 is 1.73. The highest BCUT2D eigenvalue weighted by atomic mass is 32.1. The third kappa shape index (κ3) is 4.34. The van der Waals surface area contributed by atoms with Gasteiger partial charge in [0.15, 0.2) is 0 Å². The molecule has 1 aliphatic rings. The number of amides is 1. The molecule has 0 saturated carbocycles. The maximum absolute atomic E-state index is 13.0. The SMILES string of the molecule is O=C(CN1CCCC[C@H]1c1nc2ccccc2s1)NCc1ccc(F)cc1. The molecular formula is C21H22FN3OS. The Hall–Kier alpha value is -2.31. The number of piperidine rings is 1. The molecule has 0 unspecified atom stereocenters. The van der Waals surface area contributed by atoms with Gasteiger partial charge in [-0.1, -0.05) is 30.7 Å². The van der Waals surface area contributed by atoms with Crippen molar-refractivity contribution in [2.45, 2.75) is 31.8 Å². The number of aromatic nitrogens is 1. The lowest BCUT2D eigenvalue weighted by Crippen LogP contribution is -2.41. The fourth-order valence-corrected chi connectivity index (χ4v) is 4.67. The van der Waals surface area contributed by atoms with Crippen LogP contribution in [0.15, 0.2) is 48.5 Å². The van der Waals surface area contributed by atoms with Crippen molar-refractivity contribution in [1.82, 2.24) is 15.2 Å². The molecule has 1 atom stereocenters. The van der Waals surface area contributed by atoms with Gasteiger partial charge in [-0.3, -0.25) is 9.69 Å². The first-order chi connectivity index (χ1) is 13.2. The Morgan fingerprint density at radius 1 is 1.19 bits per heavy atom. The molecule has 1 amide bonds. The molecule has 6 heteroatoms. The number of halogens is 1. The van der Waals surface area contributed by atoms with Crippen LogP contribution in [-0.2, 0) is 11.3 Å². The van der Waals surface area contributed by atoms with Crippen LogP contribution in [0.2, 0.25) is 0 Å². The van der Waals surface area contributed by atoms with Gasteiger partial charge in [0.25, 0.3) is 0 Å². The lowest BCUT2D eigenvalue weighted by Gasteiger charge is -2.33. The Bertz CT molecular complexity index is 892. The van der Waals surface area contributed by atoms with Crippen molar-refractivity contribution < 1.29 is 9.18 Å². The number of nitrogens with one attached hydrogen (secondary N) is 1. The van der Waals surface area contributed by atoms with Gasteiger partial charge in [0.2, 0.25) is 5.91 Å². The number of fused-ring (bicyclic) bond motifs is 1. The van der Waals surface area contributed by atoms with Crippen LogP contribution in [0.4, 0.5) is 4.39 Å². The van der Waals surface area contributed by atoms with Crippen molar-refractivity contribution in [1.29, 1.82) is 0 Å². The molecular weight excluding hydrogens is 361 g/mol. The second-order valence-corrected chi connectivity index (χ2v) is 7.97. The zero-order chi connectivity index (χ0) is 18.6. The lowest BCUT2D eigenvalue weighted by atomic mass is 10.0. The van der Waals surface area contributed by atoms with Gasteiger partial charge < -0.3 is 5.32 Å². The summed E-state index contributed by atoms with van der Waals surface area (Å²) in [4.78, 5) is 19.5. The molecule has 0 radical (unpaired) electrons.